The van der Waals surface area contributed by atoms with Crippen molar-refractivity contribution in [2.24, 2.45) is 11.8 Å². The number of benzene rings is 1. The zero-order chi connectivity index (χ0) is 19.8. The van der Waals surface area contributed by atoms with E-state index in [1.165, 1.54) is 13.5 Å². The molecule has 27 heavy (non-hydrogen) atoms. The molecule has 1 aliphatic carbocycles. The normalized spacial score (nSPS) is 20.6. The van der Waals surface area contributed by atoms with Crippen LogP contribution in [0.5, 0.6) is 5.75 Å². The number of carbonyl (C=O) groups is 2. The summed E-state index contributed by atoms with van der Waals surface area (Å²) in [5.41, 5.74) is 0.961. The van der Waals surface area contributed by atoms with Crippen LogP contribution in [0.1, 0.15) is 52.0 Å². The van der Waals surface area contributed by atoms with Gasteiger partial charge < -0.3 is 14.4 Å². The molecule has 5 heteroatoms. The number of carbonyl (C=O) groups excluding carboxylic acids is 2. The number of hydrogen-bond donors (Lipinski definition) is 0. The first-order chi connectivity index (χ1) is 13.0. The predicted octanol–water partition coefficient (Wildman–Crippen LogP) is 3.84. The molecular formula is C22H33NO4. The lowest BCUT2D eigenvalue weighted by Crippen LogP contribution is -2.48. The Bertz CT molecular complexity index is 613. The van der Waals surface area contributed by atoms with Crippen LogP contribution in [-0.4, -0.2) is 43.1 Å². The van der Waals surface area contributed by atoms with Gasteiger partial charge in [0.1, 0.15) is 5.75 Å². The SMILES string of the molecule is CCOc1ccc(CC(=O)N(CC(C)C(=O)OC)C2CCCCC2C)cc1. The minimum atomic E-state index is -0.326. The van der Waals surface area contributed by atoms with E-state index in [-0.39, 0.29) is 23.8 Å². The Morgan fingerprint density at radius 1 is 1.19 bits per heavy atom. The molecule has 1 saturated carbocycles. The number of amides is 1. The molecule has 0 heterocycles. The summed E-state index contributed by atoms with van der Waals surface area (Å²) in [5.74, 6) is 0.748. The highest BCUT2D eigenvalue weighted by Crippen LogP contribution is 2.29. The van der Waals surface area contributed by atoms with E-state index >= 15 is 0 Å². The summed E-state index contributed by atoms with van der Waals surface area (Å²) in [6, 6.07) is 7.87. The van der Waals surface area contributed by atoms with E-state index in [1.54, 1.807) is 0 Å². The van der Waals surface area contributed by atoms with Gasteiger partial charge in [-0.1, -0.05) is 38.8 Å². The van der Waals surface area contributed by atoms with Gasteiger partial charge in [-0.25, -0.2) is 0 Å². The van der Waals surface area contributed by atoms with Crippen molar-refractivity contribution in [1.29, 1.82) is 0 Å². The van der Waals surface area contributed by atoms with Gasteiger partial charge in [-0.3, -0.25) is 9.59 Å². The summed E-state index contributed by atoms with van der Waals surface area (Å²) >= 11 is 0. The molecule has 0 radical (unpaired) electrons. The molecule has 1 amide bonds. The maximum Gasteiger partial charge on any atom is 0.310 e. The highest BCUT2D eigenvalue weighted by atomic mass is 16.5. The molecule has 0 N–H and O–H groups in total. The molecule has 1 aliphatic rings. The van der Waals surface area contributed by atoms with E-state index in [1.807, 2.05) is 43.0 Å². The van der Waals surface area contributed by atoms with Gasteiger partial charge in [0.2, 0.25) is 5.91 Å². The van der Waals surface area contributed by atoms with Crippen molar-refractivity contribution in [3.8, 4) is 5.75 Å². The second-order valence-electron chi connectivity index (χ2n) is 7.55. The molecular weight excluding hydrogens is 342 g/mol. The number of hydrogen-bond acceptors (Lipinski definition) is 4. The van der Waals surface area contributed by atoms with Crippen molar-refractivity contribution in [1.82, 2.24) is 4.90 Å². The Hall–Kier alpha value is -2.04. The molecule has 0 bridgehead atoms. The van der Waals surface area contributed by atoms with Crippen LogP contribution in [0.25, 0.3) is 0 Å². The minimum Gasteiger partial charge on any atom is -0.494 e. The monoisotopic (exact) mass is 375 g/mol. The molecule has 1 aromatic carbocycles. The molecule has 1 aromatic rings. The van der Waals surface area contributed by atoms with Gasteiger partial charge >= 0.3 is 5.97 Å². The predicted molar refractivity (Wildman–Crippen MR) is 106 cm³/mol. The van der Waals surface area contributed by atoms with Crippen LogP contribution >= 0.6 is 0 Å². The fourth-order valence-electron chi connectivity index (χ4n) is 3.90. The lowest BCUT2D eigenvalue weighted by molar-refractivity contribution is -0.147. The van der Waals surface area contributed by atoms with E-state index in [4.69, 9.17) is 9.47 Å². The van der Waals surface area contributed by atoms with Gasteiger partial charge in [-0.05, 0) is 43.4 Å². The largest absolute Gasteiger partial charge is 0.494 e. The van der Waals surface area contributed by atoms with Crippen molar-refractivity contribution in [3.05, 3.63) is 29.8 Å². The molecule has 0 spiro atoms. The summed E-state index contributed by atoms with van der Waals surface area (Å²) in [7, 11) is 1.40. The quantitative estimate of drug-likeness (QED) is 0.648. The Labute approximate surface area is 163 Å². The van der Waals surface area contributed by atoms with Crippen molar-refractivity contribution in [2.75, 3.05) is 20.3 Å². The second-order valence-corrected chi connectivity index (χ2v) is 7.55. The molecule has 3 atom stereocenters. The topological polar surface area (TPSA) is 55.8 Å². The number of ether oxygens (including phenoxy) is 2. The number of methoxy groups -OCH3 is 1. The molecule has 1 fully saturated rings. The summed E-state index contributed by atoms with van der Waals surface area (Å²) in [6.45, 7) is 7.03. The fraction of sp³-hybridized carbons (Fsp3) is 0.636. The van der Waals surface area contributed by atoms with Gasteiger partial charge in [0.05, 0.1) is 26.1 Å². The van der Waals surface area contributed by atoms with Crippen molar-refractivity contribution in [2.45, 2.75) is 58.9 Å². The van der Waals surface area contributed by atoms with E-state index in [9.17, 15) is 9.59 Å². The average molecular weight is 376 g/mol. The maximum atomic E-state index is 13.2. The number of nitrogens with zero attached hydrogens (tertiary/aromatic N) is 1. The third-order valence-corrected chi connectivity index (χ3v) is 5.45. The highest BCUT2D eigenvalue weighted by molar-refractivity contribution is 5.80. The Morgan fingerprint density at radius 2 is 1.85 bits per heavy atom. The molecule has 150 valence electrons. The minimum absolute atomic E-state index is 0.0775. The Kier molecular flexibility index (Phi) is 8.14. The standard InChI is InChI=1S/C22H33NO4/c1-5-27-19-12-10-18(11-13-19)14-21(24)23(15-17(3)22(25)26-4)20-9-7-6-8-16(20)2/h10-13,16-17,20H,5-9,14-15H2,1-4H3. The average Bonchev–Trinajstić information content (AvgIpc) is 2.67. The summed E-state index contributed by atoms with van der Waals surface area (Å²) in [5, 5.41) is 0. The highest BCUT2D eigenvalue weighted by Gasteiger charge is 2.32. The van der Waals surface area contributed by atoms with Crippen LogP contribution < -0.4 is 4.74 Å². The van der Waals surface area contributed by atoms with Crippen LogP contribution in [-0.2, 0) is 20.7 Å². The van der Waals surface area contributed by atoms with Crippen molar-refractivity contribution in [3.63, 3.8) is 0 Å². The van der Waals surface area contributed by atoms with Crippen LogP contribution in [0.15, 0.2) is 24.3 Å². The first-order valence-corrected chi connectivity index (χ1v) is 10.0. The fourth-order valence-corrected chi connectivity index (χ4v) is 3.90. The molecule has 2 rings (SSSR count). The third kappa shape index (κ3) is 5.98. The van der Waals surface area contributed by atoms with E-state index < -0.39 is 0 Å². The summed E-state index contributed by atoms with van der Waals surface area (Å²) < 4.78 is 10.3. The van der Waals surface area contributed by atoms with E-state index in [0.29, 0.717) is 25.5 Å². The zero-order valence-corrected chi connectivity index (χ0v) is 17.1. The summed E-state index contributed by atoms with van der Waals surface area (Å²) in [6.07, 6.45) is 4.82. The lowest BCUT2D eigenvalue weighted by Gasteiger charge is -2.39. The van der Waals surface area contributed by atoms with Gasteiger partial charge in [-0.2, -0.15) is 0 Å². The summed E-state index contributed by atoms with van der Waals surface area (Å²) in [4.78, 5) is 27.0. The first-order valence-electron chi connectivity index (χ1n) is 10.0. The molecule has 3 unspecified atom stereocenters. The van der Waals surface area contributed by atoms with Crippen molar-refractivity contribution < 1.29 is 19.1 Å². The van der Waals surface area contributed by atoms with Crippen LogP contribution in [0.2, 0.25) is 0 Å². The molecule has 0 aliphatic heterocycles. The van der Waals surface area contributed by atoms with Crippen LogP contribution in [0, 0.1) is 11.8 Å². The van der Waals surface area contributed by atoms with Crippen molar-refractivity contribution >= 4 is 11.9 Å². The number of rotatable bonds is 8. The Balaban J connectivity index is 2.12. The second kappa shape index (κ2) is 10.3. The molecule has 0 saturated heterocycles. The molecule has 0 aromatic heterocycles. The lowest BCUT2D eigenvalue weighted by atomic mass is 9.84. The number of esters is 1. The smallest absolute Gasteiger partial charge is 0.310 e. The van der Waals surface area contributed by atoms with Crippen LogP contribution in [0.3, 0.4) is 0 Å². The van der Waals surface area contributed by atoms with Gasteiger partial charge in [-0.15, -0.1) is 0 Å². The zero-order valence-electron chi connectivity index (χ0n) is 17.1. The van der Waals surface area contributed by atoms with Gasteiger partial charge in [0, 0.05) is 12.6 Å². The van der Waals surface area contributed by atoms with Crippen LogP contribution in [0.4, 0.5) is 0 Å². The first kappa shape index (κ1) is 21.3. The maximum absolute atomic E-state index is 13.2. The van der Waals surface area contributed by atoms with Gasteiger partial charge in [0.15, 0.2) is 0 Å². The Morgan fingerprint density at radius 3 is 2.44 bits per heavy atom. The third-order valence-electron chi connectivity index (χ3n) is 5.45. The van der Waals surface area contributed by atoms with E-state index in [2.05, 4.69) is 6.92 Å². The van der Waals surface area contributed by atoms with Gasteiger partial charge in [0.25, 0.3) is 0 Å². The van der Waals surface area contributed by atoms with E-state index in [0.717, 1.165) is 30.6 Å². The molecule has 5 nitrogen and oxygen atoms in total.